The number of para-hydroxylation sites is 1. The lowest BCUT2D eigenvalue weighted by molar-refractivity contribution is -0.419. The number of allylic oxidation sites excluding steroid dienone is 7. The van der Waals surface area contributed by atoms with Gasteiger partial charge >= 0.3 is 0 Å². The zero-order valence-electron chi connectivity index (χ0n) is 13.2. The Labute approximate surface area is 139 Å². The van der Waals surface area contributed by atoms with E-state index in [4.69, 9.17) is 0 Å². The summed E-state index contributed by atoms with van der Waals surface area (Å²) in [6.07, 6.45) is 11.2. The maximum atomic E-state index is 11.9. The summed E-state index contributed by atoms with van der Waals surface area (Å²) in [7, 11) is 0. The highest BCUT2D eigenvalue weighted by atomic mass is 16.6. The minimum absolute atomic E-state index is 0.0869. The highest BCUT2D eigenvalue weighted by Gasteiger charge is 2.18. The average Bonchev–Trinajstić information content (AvgIpc) is 2.60. The number of carbonyl (C=O) groups is 1. The van der Waals surface area contributed by atoms with Crippen LogP contribution in [0.1, 0.15) is 12.5 Å². The van der Waals surface area contributed by atoms with Gasteiger partial charge < -0.3 is 4.90 Å². The second-order valence-corrected chi connectivity index (χ2v) is 5.37. The van der Waals surface area contributed by atoms with Crippen LogP contribution < -0.4 is 4.90 Å². The van der Waals surface area contributed by atoms with Crippen LogP contribution >= 0.6 is 0 Å². The van der Waals surface area contributed by atoms with Crippen molar-refractivity contribution in [1.29, 1.82) is 0 Å². The van der Waals surface area contributed by atoms with Gasteiger partial charge in [0.15, 0.2) is 5.78 Å². The first kappa shape index (κ1) is 15.7. The molecule has 3 rings (SSSR count). The number of rotatable bonds is 3. The van der Waals surface area contributed by atoms with E-state index in [1.165, 1.54) is 18.2 Å². The Hall–Kier alpha value is -3.21. The minimum Gasteiger partial charge on any atom is -0.341 e. The number of hydrogen-bond donors (Lipinski definition) is 0. The first-order valence-corrected chi connectivity index (χ1v) is 7.65. The summed E-state index contributed by atoms with van der Waals surface area (Å²) in [4.78, 5) is 24.4. The van der Waals surface area contributed by atoms with Gasteiger partial charge in [0, 0.05) is 35.7 Å². The first-order valence-electron chi connectivity index (χ1n) is 7.65. The molecule has 0 atom stereocenters. The van der Waals surface area contributed by atoms with Gasteiger partial charge in [0.05, 0.1) is 4.92 Å². The van der Waals surface area contributed by atoms with Crippen LogP contribution in [0.25, 0.3) is 6.08 Å². The van der Waals surface area contributed by atoms with Gasteiger partial charge in [0.1, 0.15) is 0 Å². The summed E-state index contributed by atoms with van der Waals surface area (Å²) in [5, 5.41) is 10.9. The van der Waals surface area contributed by atoms with Crippen molar-refractivity contribution in [3.8, 4) is 0 Å². The van der Waals surface area contributed by atoms with E-state index in [0.717, 1.165) is 23.5 Å². The van der Waals surface area contributed by atoms with Crippen LogP contribution in [0.15, 0.2) is 77.7 Å². The normalized spacial score (nSPS) is 19.6. The SMILES string of the molecule is CCN1/C(=C/C=C2/C=C([N+](=O)[O-])C=CC2=O)C=Cc2ccccc21. The van der Waals surface area contributed by atoms with E-state index in [1.807, 2.05) is 42.5 Å². The summed E-state index contributed by atoms with van der Waals surface area (Å²) in [6, 6.07) is 8.07. The van der Waals surface area contributed by atoms with Crippen LogP contribution in [0.2, 0.25) is 0 Å². The maximum absolute atomic E-state index is 11.9. The quantitative estimate of drug-likeness (QED) is 0.484. The monoisotopic (exact) mass is 320 g/mol. The summed E-state index contributed by atoms with van der Waals surface area (Å²) in [5.41, 5.74) is 3.39. The number of nitro groups is 1. The Morgan fingerprint density at radius 1 is 1.12 bits per heavy atom. The highest BCUT2D eigenvalue weighted by Crippen LogP contribution is 2.30. The van der Waals surface area contributed by atoms with Crippen molar-refractivity contribution < 1.29 is 9.72 Å². The van der Waals surface area contributed by atoms with Gasteiger partial charge in [-0.15, -0.1) is 0 Å². The predicted molar refractivity (Wildman–Crippen MR) is 93.9 cm³/mol. The van der Waals surface area contributed by atoms with E-state index in [1.54, 1.807) is 6.08 Å². The number of hydrogen-bond acceptors (Lipinski definition) is 4. The van der Waals surface area contributed by atoms with E-state index in [9.17, 15) is 14.9 Å². The zero-order valence-corrected chi connectivity index (χ0v) is 13.2. The smallest absolute Gasteiger partial charge is 0.270 e. The first-order chi connectivity index (χ1) is 11.6. The summed E-state index contributed by atoms with van der Waals surface area (Å²) in [6.45, 7) is 2.83. The topological polar surface area (TPSA) is 63.4 Å². The molecular formula is C19H16N2O3. The lowest BCUT2D eigenvalue weighted by atomic mass is 10.0. The third-order valence-corrected chi connectivity index (χ3v) is 3.93. The molecule has 1 aliphatic carbocycles. The zero-order chi connectivity index (χ0) is 17.1. The fourth-order valence-electron chi connectivity index (χ4n) is 2.73. The molecule has 24 heavy (non-hydrogen) atoms. The van der Waals surface area contributed by atoms with Gasteiger partial charge in [-0.1, -0.05) is 24.3 Å². The fraction of sp³-hybridized carbons (Fsp3) is 0.105. The van der Waals surface area contributed by atoms with Gasteiger partial charge in [-0.2, -0.15) is 0 Å². The third-order valence-electron chi connectivity index (χ3n) is 3.93. The van der Waals surface area contributed by atoms with Crippen molar-refractivity contribution in [3.05, 3.63) is 93.4 Å². The lowest BCUT2D eigenvalue weighted by Gasteiger charge is -2.29. The number of anilines is 1. The summed E-state index contributed by atoms with van der Waals surface area (Å²) in [5.74, 6) is -0.235. The molecule has 0 saturated carbocycles. The number of fused-ring (bicyclic) bond motifs is 1. The van der Waals surface area contributed by atoms with Gasteiger partial charge in [0.2, 0.25) is 0 Å². The molecule has 0 saturated heterocycles. The van der Waals surface area contributed by atoms with Crippen molar-refractivity contribution >= 4 is 17.5 Å². The highest BCUT2D eigenvalue weighted by molar-refractivity contribution is 6.07. The fourth-order valence-corrected chi connectivity index (χ4v) is 2.73. The molecular weight excluding hydrogens is 304 g/mol. The van der Waals surface area contributed by atoms with Gasteiger partial charge in [-0.3, -0.25) is 14.9 Å². The average molecular weight is 320 g/mol. The molecule has 120 valence electrons. The van der Waals surface area contributed by atoms with Crippen molar-refractivity contribution in [3.63, 3.8) is 0 Å². The Kier molecular flexibility index (Phi) is 4.24. The molecule has 1 aliphatic heterocycles. The molecule has 1 aromatic rings. The largest absolute Gasteiger partial charge is 0.341 e. The molecule has 0 amide bonds. The Morgan fingerprint density at radius 2 is 1.92 bits per heavy atom. The number of nitrogens with zero attached hydrogens (tertiary/aromatic N) is 2. The van der Waals surface area contributed by atoms with Crippen LogP contribution in [-0.2, 0) is 4.79 Å². The number of carbonyl (C=O) groups excluding carboxylic acids is 1. The van der Waals surface area contributed by atoms with Crippen LogP contribution in [0.5, 0.6) is 0 Å². The van der Waals surface area contributed by atoms with Crippen LogP contribution in [0, 0.1) is 10.1 Å². The standard InChI is InChI=1S/C19H16N2O3/c1-2-20-16(9-7-14-5-3-4-6-18(14)20)10-8-15-13-17(21(23)24)11-12-19(15)22/h3-13H,2H2,1H3/b15-8-,16-10+. The molecule has 0 fully saturated rings. The van der Waals surface area contributed by atoms with E-state index >= 15 is 0 Å². The van der Waals surface area contributed by atoms with Crippen molar-refractivity contribution in [2.75, 3.05) is 11.4 Å². The van der Waals surface area contributed by atoms with E-state index in [-0.39, 0.29) is 11.5 Å². The molecule has 1 aromatic carbocycles. The number of ketones is 1. The molecule has 2 aliphatic rings. The summed E-state index contributed by atoms with van der Waals surface area (Å²) >= 11 is 0. The van der Waals surface area contributed by atoms with Crippen LogP contribution in [0.3, 0.4) is 0 Å². The molecule has 0 spiro atoms. The van der Waals surface area contributed by atoms with Gasteiger partial charge in [-0.05, 0) is 42.9 Å². The van der Waals surface area contributed by atoms with E-state index < -0.39 is 4.92 Å². The molecule has 0 radical (unpaired) electrons. The third kappa shape index (κ3) is 2.96. The van der Waals surface area contributed by atoms with E-state index in [2.05, 4.69) is 11.8 Å². The van der Waals surface area contributed by atoms with Gasteiger partial charge in [-0.25, -0.2) is 0 Å². The van der Waals surface area contributed by atoms with Crippen molar-refractivity contribution in [2.45, 2.75) is 6.92 Å². The lowest BCUT2D eigenvalue weighted by Crippen LogP contribution is -2.23. The molecule has 5 heteroatoms. The second-order valence-electron chi connectivity index (χ2n) is 5.37. The molecule has 1 heterocycles. The minimum atomic E-state index is -0.501. The predicted octanol–water partition coefficient (Wildman–Crippen LogP) is 3.65. The van der Waals surface area contributed by atoms with Crippen LogP contribution in [0.4, 0.5) is 5.69 Å². The van der Waals surface area contributed by atoms with Crippen molar-refractivity contribution in [1.82, 2.24) is 0 Å². The molecule has 5 nitrogen and oxygen atoms in total. The maximum Gasteiger partial charge on any atom is 0.270 e. The van der Waals surface area contributed by atoms with Crippen molar-refractivity contribution in [2.24, 2.45) is 0 Å². The molecule has 0 aromatic heterocycles. The Balaban J connectivity index is 1.96. The van der Waals surface area contributed by atoms with E-state index in [0.29, 0.717) is 5.57 Å². The summed E-state index contributed by atoms with van der Waals surface area (Å²) < 4.78 is 0. The van der Waals surface area contributed by atoms with Gasteiger partial charge in [0.25, 0.3) is 5.70 Å². The molecule has 0 N–H and O–H groups in total. The number of benzene rings is 1. The Morgan fingerprint density at radius 3 is 2.67 bits per heavy atom. The van der Waals surface area contributed by atoms with Crippen LogP contribution in [-0.4, -0.2) is 17.3 Å². The number of likely N-dealkylation sites (N-methyl/N-ethyl adjacent to an activating group) is 1. The Bertz CT molecular complexity index is 857. The second kappa shape index (κ2) is 6.50. The molecule has 0 bridgehead atoms. The molecule has 0 unspecified atom stereocenters.